The van der Waals surface area contributed by atoms with Crippen LogP contribution < -0.4 is 0 Å². The summed E-state index contributed by atoms with van der Waals surface area (Å²) in [6.45, 7) is 0. The van der Waals surface area contributed by atoms with E-state index in [0.29, 0.717) is 30.5 Å². The lowest BCUT2D eigenvalue weighted by Gasteiger charge is -2.20. The molecule has 3 rings (SSSR count). The predicted octanol–water partition coefficient (Wildman–Crippen LogP) is 3.19. The van der Waals surface area contributed by atoms with Gasteiger partial charge in [-0.25, -0.2) is 8.42 Å². The zero-order chi connectivity index (χ0) is 20.3. The van der Waals surface area contributed by atoms with E-state index in [0.717, 1.165) is 12.7 Å². The highest BCUT2D eigenvalue weighted by atomic mass is 35.5. The molecule has 0 aliphatic heterocycles. The zero-order valence-electron chi connectivity index (χ0n) is 15.5. The Balaban J connectivity index is 1.90. The number of hydrogen-bond donors (Lipinski definition) is 0. The molecule has 0 spiro atoms. The van der Waals surface area contributed by atoms with Crippen LogP contribution in [0.15, 0.2) is 41.7 Å². The molecule has 2 atom stereocenters. The molecule has 0 amide bonds. The molecule has 0 radical (unpaired) electrons. The van der Waals surface area contributed by atoms with Crippen LogP contribution in [0, 0.1) is 5.92 Å². The van der Waals surface area contributed by atoms with Crippen LogP contribution in [0.3, 0.4) is 0 Å². The van der Waals surface area contributed by atoms with Crippen LogP contribution in [0.5, 0.6) is 0 Å². The number of halogens is 1. The Morgan fingerprint density at radius 3 is 2.68 bits per heavy atom. The van der Waals surface area contributed by atoms with Crippen LogP contribution in [0.2, 0.25) is 5.02 Å². The number of ketones is 2. The van der Waals surface area contributed by atoms with E-state index in [2.05, 4.69) is 9.97 Å². The minimum atomic E-state index is -3.45. The zero-order valence-corrected chi connectivity index (χ0v) is 17.0. The van der Waals surface area contributed by atoms with Crippen LogP contribution in [0.4, 0.5) is 0 Å². The van der Waals surface area contributed by atoms with E-state index in [1.165, 1.54) is 12.3 Å². The van der Waals surface area contributed by atoms with Crippen molar-refractivity contribution < 1.29 is 18.0 Å². The van der Waals surface area contributed by atoms with Crippen molar-refractivity contribution >= 4 is 33.0 Å². The molecule has 0 unspecified atom stereocenters. The van der Waals surface area contributed by atoms with E-state index < -0.39 is 15.8 Å². The Bertz CT molecular complexity index is 993. The van der Waals surface area contributed by atoms with Gasteiger partial charge in [-0.3, -0.25) is 19.6 Å². The molecule has 148 valence electrons. The van der Waals surface area contributed by atoms with Crippen LogP contribution in [0.1, 0.15) is 42.9 Å². The smallest absolute Gasteiger partial charge is 0.176 e. The Morgan fingerprint density at radius 2 is 2.11 bits per heavy atom. The number of carbonyl (C=O) groups excluding carboxylic acids is 2. The van der Waals surface area contributed by atoms with Gasteiger partial charge in [0.25, 0.3) is 0 Å². The van der Waals surface area contributed by atoms with Crippen LogP contribution in [0.25, 0.3) is 0 Å². The van der Waals surface area contributed by atoms with Gasteiger partial charge < -0.3 is 0 Å². The monoisotopic (exact) mass is 420 g/mol. The van der Waals surface area contributed by atoms with E-state index in [9.17, 15) is 18.0 Å². The molecular formula is C20H21ClN2O4S. The second-order valence-electron chi connectivity index (χ2n) is 7.24. The third kappa shape index (κ3) is 5.02. The molecule has 1 fully saturated rings. The van der Waals surface area contributed by atoms with E-state index in [-0.39, 0.29) is 33.8 Å². The molecule has 0 saturated heterocycles. The summed E-state index contributed by atoms with van der Waals surface area (Å²) in [7, 11) is -3.45. The molecule has 0 N–H and O–H groups in total. The van der Waals surface area contributed by atoms with Crippen molar-refractivity contribution in [2.45, 2.75) is 42.9 Å². The SMILES string of the molecule is CS(=O)(=O)c1ccc([C@@H](C[C@H]2CCC(=O)C2)C(=O)Cc2cnccn2)cc1Cl. The summed E-state index contributed by atoms with van der Waals surface area (Å²) in [5.74, 6) is -0.181. The lowest BCUT2D eigenvalue weighted by molar-refractivity contribution is -0.121. The van der Waals surface area contributed by atoms with Gasteiger partial charge in [-0.15, -0.1) is 0 Å². The van der Waals surface area contributed by atoms with Crippen molar-refractivity contribution in [3.63, 3.8) is 0 Å². The van der Waals surface area contributed by atoms with Crippen molar-refractivity contribution in [2.24, 2.45) is 5.92 Å². The number of sulfone groups is 1. The largest absolute Gasteiger partial charge is 0.300 e. The molecule has 1 aromatic heterocycles. The van der Waals surface area contributed by atoms with Gasteiger partial charge in [-0.1, -0.05) is 17.7 Å². The van der Waals surface area contributed by atoms with Crippen molar-refractivity contribution in [1.82, 2.24) is 9.97 Å². The fourth-order valence-corrected chi connectivity index (χ4v) is 4.97. The molecular weight excluding hydrogens is 400 g/mol. The van der Waals surface area contributed by atoms with Crippen molar-refractivity contribution in [2.75, 3.05) is 6.26 Å². The summed E-state index contributed by atoms with van der Waals surface area (Å²) in [4.78, 5) is 32.9. The number of nitrogens with zero attached hydrogens (tertiary/aromatic N) is 2. The summed E-state index contributed by atoms with van der Waals surface area (Å²) < 4.78 is 23.6. The molecule has 1 aliphatic carbocycles. The minimum Gasteiger partial charge on any atom is -0.300 e. The Kier molecular flexibility index (Phi) is 6.25. The lowest BCUT2D eigenvalue weighted by atomic mass is 9.83. The molecule has 2 aromatic rings. The van der Waals surface area contributed by atoms with E-state index in [4.69, 9.17) is 11.6 Å². The number of aromatic nitrogens is 2. The standard InChI is InChI=1S/C20H21ClN2O4S/c1-28(26,27)20-5-3-14(10-18(20)21)17(9-13-2-4-16(24)8-13)19(25)11-15-12-22-6-7-23-15/h3,5-7,10,12-13,17H,2,4,8-9,11H2,1H3/t13-,17+/m0/s1. The van der Waals surface area contributed by atoms with Gasteiger partial charge in [0.1, 0.15) is 11.6 Å². The number of carbonyl (C=O) groups is 2. The van der Waals surface area contributed by atoms with Gasteiger partial charge in [0.2, 0.25) is 0 Å². The third-order valence-electron chi connectivity index (χ3n) is 5.04. The first-order chi connectivity index (χ1) is 13.2. The summed E-state index contributed by atoms with van der Waals surface area (Å²) in [5, 5.41) is 0.0970. The van der Waals surface area contributed by atoms with Crippen LogP contribution in [-0.4, -0.2) is 36.2 Å². The maximum atomic E-state index is 13.1. The van der Waals surface area contributed by atoms with Gasteiger partial charge in [-0.2, -0.15) is 0 Å². The van der Waals surface area contributed by atoms with Gasteiger partial charge >= 0.3 is 0 Å². The maximum absolute atomic E-state index is 13.1. The highest BCUT2D eigenvalue weighted by molar-refractivity contribution is 7.90. The summed E-state index contributed by atoms with van der Waals surface area (Å²) in [6.07, 6.45) is 8.15. The summed E-state index contributed by atoms with van der Waals surface area (Å²) in [6, 6.07) is 4.63. The highest BCUT2D eigenvalue weighted by Crippen LogP contribution is 2.35. The Morgan fingerprint density at radius 1 is 1.32 bits per heavy atom. The number of benzene rings is 1. The fourth-order valence-electron chi connectivity index (χ4n) is 3.64. The number of hydrogen-bond acceptors (Lipinski definition) is 6. The second-order valence-corrected chi connectivity index (χ2v) is 9.63. The fraction of sp³-hybridized carbons (Fsp3) is 0.400. The highest BCUT2D eigenvalue weighted by Gasteiger charge is 2.30. The molecule has 1 saturated carbocycles. The van der Waals surface area contributed by atoms with Crippen molar-refractivity contribution in [1.29, 1.82) is 0 Å². The molecule has 28 heavy (non-hydrogen) atoms. The number of Topliss-reactive ketones (excluding diaryl/α,β-unsaturated/α-hetero) is 2. The first kappa shape index (κ1) is 20.6. The first-order valence-electron chi connectivity index (χ1n) is 9.03. The molecule has 0 bridgehead atoms. The van der Waals surface area contributed by atoms with Gasteiger partial charge in [-0.05, 0) is 36.5 Å². The van der Waals surface area contributed by atoms with Crippen molar-refractivity contribution in [3.8, 4) is 0 Å². The van der Waals surface area contributed by atoms with Crippen LogP contribution >= 0.6 is 11.6 Å². The quantitative estimate of drug-likeness (QED) is 0.682. The predicted molar refractivity (Wildman–Crippen MR) is 105 cm³/mol. The molecule has 1 aliphatic rings. The normalized spacial score (nSPS) is 18.2. The van der Waals surface area contributed by atoms with E-state index >= 15 is 0 Å². The summed E-state index contributed by atoms with van der Waals surface area (Å²) in [5.41, 5.74) is 1.23. The maximum Gasteiger partial charge on any atom is 0.176 e. The van der Waals surface area contributed by atoms with E-state index in [1.54, 1.807) is 24.5 Å². The Hall–Kier alpha value is -2.12. The Labute approximate surface area is 169 Å². The average molecular weight is 421 g/mol. The third-order valence-corrected chi connectivity index (χ3v) is 6.61. The summed E-state index contributed by atoms with van der Waals surface area (Å²) >= 11 is 6.20. The molecule has 8 heteroatoms. The second kappa shape index (κ2) is 8.49. The number of rotatable bonds is 7. The van der Waals surface area contributed by atoms with Crippen molar-refractivity contribution in [3.05, 3.63) is 53.1 Å². The van der Waals surface area contributed by atoms with Crippen LogP contribution in [-0.2, 0) is 25.8 Å². The molecule has 6 nitrogen and oxygen atoms in total. The lowest BCUT2D eigenvalue weighted by Crippen LogP contribution is -2.19. The minimum absolute atomic E-state index is 0.0362. The van der Waals surface area contributed by atoms with E-state index in [1.807, 2.05) is 0 Å². The molecule has 1 aromatic carbocycles. The van der Waals surface area contributed by atoms with Gasteiger partial charge in [0.15, 0.2) is 9.84 Å². The van der Waals surface area contributed by atoms with Gasteiger partial charge in [0.05, 0.1) is 22.0 Å². The topological polar surface area (TPSA) is 94.1 Å². The molecule has 1 heterocycles. The van der Waals surface area contributed by atoms with Gasteiger partial charge in [0, 0.05) is 43.6 Å². The average Bonchev–Trinajstić information content (AvgIpc) is 3.04. The first-order valence-corrected chi connectivity index (χ1v) is 11.3.